The average molecular weight is 254 g/mol. The molecule has 17 heavy (non-hydrogen) atoms. The lowest BCUT2D eigenvalue weighted by Crippen LogP contribution is -2.35. The van der Waals surface area contributed by atoms with E-state index in [-0.39, 0.29) is 5.15 Å². The molecule has 7 heteroatoms. The van der Waals surface area contributed by atoms with E-state index in [1.165, 1.54) is 0 Å². The van der Waals surface area contributed by atoms with Crippen LogP contribution in [0.3, 0.4) is 0 Å². The van der Waals surface area contributed by atoms with Crippen molar-refractivity contribution < 1.29 is 4.74 Å². The van der Waals surface area contributed by atoms with Crippen LogP contribution in [-0.2, 0) is 11.3 Å². The summed E-state index contributed by atoms with van der Waals surface area (Å²) >= 11 is 5.81. The number of hydrogen-bond donors (Lipinski definition) is 0. The molecule has 1 saturated heterocycles. The van der Waals surface area contributed by atoms with E-state index in [2.05, 4.69) is 19.9 Å². The highest BCUT2D eigenvalue weighted by Crippen LogP contribution is 2.24. The molecule has 0 atom stereocenters. The van der Waals surface area contributed by atoms with E-state index in [4.69, 9.17) is 21.9 Å². The number of hydrogen-bond acceptors (Lipinski definition) is 4. The number of aromatic nitrogens is 1. The molecule has 0 unspecified atom stereocenters. The van der Waals surface area contributed by atoms with Gasteiger partial charge in [-0.25, -0.2) is 4.98 Å². The van der Waals surface area contributed by atoms with E-state index >= 15 is 0 Å². The summed E-state index contributed by atoms with van der Waals surface area (Å²) in [6, 6.07) is 1.77. The highest BCUT2D eigenvalue weighted by atomic mass is 35.5. The second kappa shape index (κ2) is 5.84. The number of ether oxygens (including phenoxy) is 1. The Bertz CT molecular complexity index is 440. The van der Waals surface area contributed by atoms with Gasteiger partial charge in [-0.1, -0.05) is 16.7 Å². The molecular weight excluding hydrogens is 242 g/mol. The van der Waals surface area contributed by atoms with Gasteiger partial charge in [0.15, 0.2) is 0 Å². The van der Waals surface area contributed by atoms with Crippen LogP contribution in [0, 0.1) is 0 Å². The Morgan fingerprint density at radius 1 is 1.53 bits per heavy atom. The van der Waals surface area contributed by atoms with Crippen LogP contribution in [0.1, 0.15) is 5.56 Å². The van der Waals surface area contributed by atoms with Crippen LogP contribution in [-0.4, -0.2) is 36.2 Å². The molecule has 0 amide bonds. The SMILES string of the molecule is [N-]=[N+]=Nc1cc(CN2CCOCC2)cnc1Cl. The van der Waals surface area contributed by atoms with Gasteiger partial charge in [0.05, 0.1) is 18.9 Å². The van der Waals surface area contributed by atoms with Crippen LogP contribution in [0.4, 0.5) is 5.69 Å². The molecule has 0 saturated carbocycles. The molecule has 0 spiro atoms. The van der Waals surface area contributed by atoms with Gasteiger partial charge < -0.3 is 4.74 Å². The maximum absolute atomic E-state index is 8.40. The Kier molecular flexibility index (Phi) is 4.17. The number of azide groups is 1. The summed E-state index contributed by atoms with van der Waals surface area (Å²) in [7, 11) is 0. The molecule has 1 aliphatic heterocycles. The molecule has 1 aliphatic rings. The molecule has 1 aromatic rings. The fourth-order valence-electron chi connectivity index (χ4n) is 1.70. The normalized spacial score (nSPS) is 16.5. The van der Waals surface area contributed by atoms with E-state index < -0.39 is 0 Å². The van der Waals surface area contributed by atoms with Gasteiger partial charge in [-0.3, -0.25) is 4.90 Å². The van der Waals surface area contributed by atoms with Crippen LogP contribution in [0.5, 0.6) is 0 Å². The maximum Gasteiger partial charge on any atom is 0.138 e. The van der Waals surface area contributed by atoms with Crippen molar-refractivity contribution in [3.05, 3.63) is 33.4 Å². The molecular formula is C10H12ClN5O. The molecule has 2 rings (SSSR count). The first-order valence-electron chi connectivity index (χ1n) is 5.29. The zero-order chi connectivity index (χ0) is 12.1. The molecule has 0 aliphatic carbocycles. The van der Waals surface area contributed by atoms with Gasteiger partial charge >= 0.3 is 0 Å². The molecule has 0 bridgehead atoms. The van der Waals surface area contributed by atoms with E-state index in [0.717, 1.165) is 38.4 Å². The van der Waals surface area contributed by atoms with Crippen LogP contribution in [0.2, 0.25) is 5.15 Å². The predicted molar refractivity (Wildman–Crippen MR) is 64.1 cm³/mol. The number of halogens is 1. The molecule has 1 aromatic heterocycles. The van der Waals surface area contributed by atoms with E-state index in [0.29, 0.717) is 5.69 Å². The zero-order valence-corrected chi connectivity index (χ0v) is 9.97. The molecule has 2 heterocycles. The summed E-state index contributed by atoms with van der Waals surface area (Å²) in [6.45, 7) is 4.08. The maximum atomic E-state index is 8.40. The van der Waals surface area contributed by atoms with Crippen molar-refractivity contribution in [1.29, 1.82) is 0 Å². The van der Waals surface area contributed by atoms with Crippen molar-refractivity contribution >= 4 is 17.3 Å². The Morgan fingerprint density at radius 2 is 2.29 bits per heavy atom. The van der Waals surface area contributed by atoms with Gasteiger partial charge in [0, 0.05) is 30.7 Å². The van der Waals surface area contributed by atoms with Gasteiger partial charge in [0.1, 0.15) is 5.15 Å². The van der Waals surface area contributed by atoms with E-state index in [9.17, 15) is 0 Å². The van der Waals surface area contributed by atoms with Gasteiger partial charge in [0.25, 0.3) is 0 Å². The highest BCUT2D eigenvalue weighted by molar-refractivity contribution is 6.31. The number of nitrogens with zero attached hydrogens (tertiary/aromatic N) is 5. The Balaban J connectivity index is 2.10. The topological polar surface area (TPSA) is 74.1 Å². The lowest BCUT2D eigenvalue weighted by molar-refractivity contribution is 0.0341. The molecule has 6 nitrogen and oxygen atoms in total. The third-order valence-electron chi connectivity index (χ3n) is 2.54. The minimum absolute atomic E-state index is 0.230. The summed E-state index contributed by atoms with van der Waals surface area (Å²) < 4.78 is 5.27. The quantitative estimate of drug-likeness (QED) is 0.359. The van der Waals surface area contributed by atoms with Crippen molar-refractivity contribution in [1.82, 2.24) is 9.88 Å². The number of pyridine rings is 1. The fourth-order valence-corrected chi connectivity index (χ4v) is 1.84. The first-order chi connectivity index (χ1) is 8.29. The Hall–Kier alpha value is -1.33. The zero-order valence-electron chi connectivity index (χ0n) is 9.21. The summed E-state index contributed by atoms with van der Waals surface area (Å²) in [5.74, 6) is 0. The second-order valence-corrected chi connectivity index (χ2v) is 4.09. The van der Waals surface area contributed by atoms with Crippen molar-refractivity contribution in [2.75, 3.05) is 26.3 Å². The minimum atomic E-state index is 0.230. The van der Waals surface area contributed by atoms with Gasteiger partial charge in [-0.2, -0.15) is 0 Å². The molecule has 1 fully saturated rings. The van der Waals surface area contributed by atoms with Crippen LogP contribution in [0.25, 0.3) is 10.4 Å². The standard InChI is InChI=1S/C10H12ClN5O/c11-10-9(14-15-12)5-8(6-13-10)7-16-1-3-17-4-2-16/h5-6H,1-4,7H2. The van der Waals surface area contributed by atoms with Crippen LogP contribution in [0.15, 0.2) is 17.4 Å². The minimum Gasteiger partial charge on any atom is -0.379 e. The summed E-state index contributed by atoms with van der Waals surface area (Å²) in [5, 5.41) is 3.73. The fraction of sp³-hybridized carbons (Fsp3) is 0.500. The molecule has 0 N–H and O–H groups in total. The van der Waals surface area contributed by atoms with Gasteiger partial charge in [0.2, 0.25) is 0 Å². The monoisotopic (exact) mass is 253 g/mol. The smallest absolute Gasteiger partial charge is 0.138 e. The molecule has 90 valence electrons. The van der Waals surface area contributed by atoms with Crippen molar-refractivity contribution in [3.8, 4) is 0 Å². The third kappa shape index (κ3) is 3.31. The first kappa shape index (κ1) is 12.1. The van der Waals surface area contributed by atoms with E-state index in [1.54, 1.807) is 12.3 Å². The van der Waals surface area contributed by atoms with Crippen LogP contribution < -0.4 is 0 Å². The Morgan fingerprint density at radius 3 is 3.00 bits per heavy atom. The van der Waals surface area contributed by atoms with Gasteiger partial charge in [-0.15, -0.1) is 0 Å². The lowest BCUT2D eigenvalue weighted by atomic mass is 10.2. The van der Waals surface area contributed by atoms with Crippen LogP contribution >= 0.6 is 11.6 Å². The number of rotatable bonds is 3. The molecule has 0 radical (unpaired) electrons. The molecule has 0 aromatic carbocycles. The largest absolute Gasteiger partial charge is 0.379 e. The third-order valence-corrected chi connectivity index (χ3v) is 2.83. The summed E-state index contributed by atoms with van der Waals surface area (Å²) in [4.78, 5) is 8.99. The highest BCUT2D eigenvalue weighted by Gasteiger charge is 2.11. The average Bonchev–Trinajstić information content (AvgIpc) is 2.35. The second-order valence-electron chi connectivity index (χ2n) is 3.73. The van der Waals surface area contributed by atoms with E-state index in [1.807, 2.05) is 0 Å². The van der Waals surface area contributed by atoms with Gasteiger partial charge in [-0.05, 0) is 17.2 Å². The van der Waals surface area contributed by atoms with Crippen molar-refractivity contribution in [2.24, 2.45) is 5.11 Å². The number of morpholine rings is 1. The predicted octanol–water partition coefficient (Wildman–Crippen LogP) is 2.51. The summed E-state index contributed by atoms with van der Waals surface area (Å²) in [6.07, 6.45) is 1.70. The van der Waals surface area contributed by atoms with Crippen molar-refractivity contribution in [2.45, 2.75) is 6.54 Å². The lowest BCUT2D eigenvalue weighted by Gasteiger charge is -2.26. The van der Waals surface area contributed by atoms with Crippen molar-refractivity contribution in [3.63, 3.8) is 0 Å². The Labute approximate surface area is 104 Å². The summed E-state index contributed by atoms with van der Waals surface area (Å²) in [5.41, 5.74) is 9.76. The first-order valence-corrected chi connectivity index (χ1v) is 5.67.